The summed E-state index contributed by atoms with van der Waals surface area (Å²) in [4.78, 5) is 0. The van der Waals surface area contributed by atoms with Crippen molar-refractivity contribution in [3.8, 4) is 11.1 Å². The van der Waals surface area contributed by atoms with Crippen LogP contribution in [-0.2, 0) is 21.0 Å². The fraction of sp³-hybridized carbons (Fsp3) is 0.421. The summed E-state index contributed by atoms with van der Waals surface area (Å²) in [7, 11) is 17.0. The number of halogens is 2. The second kappa shape index (κ2) is 11.3. The number of allylic oxidation sites excluding steroid dienone is 2. The van der Waals surface area contributed by atoms with E-state index >= 15 is 0 Å². The van der Waals surface area contributed by atoms with Crippen molar-refractivity contribution < 1.29 is 15.6 Å². The molecule has 0 bridgehead atoms. The molecule has 0 nitrogen and oxygen atoms in total. The second-order valence-electron chi connectivity index (χ2n) is 14.7. The van der Waals surface area contributed by atoms with Crippen LogP contribution in [0.3, 0.4) is 0 Å². The van der Waals surface area contributed by atoms with E-state index in [2.05, 4.69) is 141 Å². The van der Waals surface area contributed by atoms with Gasteiger partial charge in [0.1, 0.15) is 0 Å². The van der Waals surface area contributed by atoms with Crippen molar-refractivity contribution in [3.63, 3.8) is 0 Å². The molecule has 0 amide bonds. The predicted molar refractivity (Wildman–Crippen MR) is 188 cm³/mol. The molecule has 2 aliphatic carbocycles. The molecule has 4 heteroatoms. The maximum atomic E-state index is 8.52. The SMILES string of the molecule is CCC(C)c1cccc2c1C=C(C(C)C)[CH]2[Zr]([Cl])([Cl])([CH]1C(C)=Cc2c(-c3ccc(C(C)(C)C)cc3)cccc21)[SiH](C)C. The van der Waals surface area contributed by atoms with Crippen molar-refractivity contribution in [1.29, 1.82) is 0 Å². The first-order valence-corrected chi connectivity index (χ1v) is 32.3. The van der Waals surface area contributed by atoms with Gasteiger partial charge in [-0.25, -0.2) is 0 Å². The second-order valence-corrected chi connectivity index (χ2v) is 57.2. The molecule has 0 heterocycles. The molecule has 0 saturated carbocycles. The Morgan fingerprint density at radius 2 is 1.40 bits per heavy atom. The molecular formula is C38H49Cl2SiZr. The Morgan fingerprint density at radius 1 is 0.810 bits per heavy atom. The van der Waals surface area contributed by atoms with Gasteiger partial charge in [-0.05, 0) is 0 Å². The van der Waals surface area contributed by atoms with Crippen molar-refractivity contribution in [2.24, 2.45) is 5.92 Å². The Labute approximate surface area is 264 Å². The van der Waals surface area contributed by atoms with Crippen LogP contribution >= 0.6 is 17.0 Å². The van der Waals surface area contributed by atoms with Crippen molar-refractivity contribution in [1.82, 2.24) is 0 Å². The van der Waals surface area contributed by atoms with Gasteiger partial charge in [-0.15, -0.1) is 0 Å². The topological polar surface area (TPSA) is 0 Å². The molecule has 0 aromatic heterocycles. The fourth-order valence-corrected chi connectivity index (χ4v) is 39.9. The van der Waals surface area contributed by atoms with E-state index < -0.39 is 21.5 Å². The summed E-state index contributed by atoms with van der Waals surface area (Å²) < 4.78 is 0.269. The number of hydrogen-bond donors (Lipinski definition) is 0. The van der Waals surface area contributed by atoms with Gasteiger partial charge in [-0.2, -0.15) is 0 Å². The zero-order valence-electron chi connectivity index (χ0n) is 27.3. The number of fused-ring (bicyclic) bond motifs is 2. The van der Waals surface area contributed by atoms with E-state index in [-0.39, 0.29) is 12.7 Å². The fourth-order valence-electron chi connectivity index (χ4n) is 7.73. The van der Waals surface area contributed by atoms with Crippen LogP contribution in [0.5, 0.6) is 0 Å². The Hall–Kier alpha value is -1.18. The van der Waals surface area contributed by atoms with E-state index in [0.717, 1.165) is 6.42 Å². The van der Waals surface area contributed by atoms with Crippen LogP contribution in [0.4, 0.5) is 0 Å². The molecule has 3 aromatic rings. The average Bonchev–Trinajstić information content (AvgIpc) is 3.51. The van der Waals surface area contributed by atoms with Crippen LogP contribution in [0.15, 0.2) is 71.8 Å². The quantitative estimate of drug-likeness (QED) is 0.216. The van der Waals surface area contributed by atoms with Gasteiger partial charge >= 0.3 is 266 Å². The molecule has 42 heavy (non-hydrogen) atoms. The van der Waals surface area contributed by atoms with Gasteiger partial charge in [-0.3, -0.25) is 0 Å². The normalized spacial score (nSPS) is 20.2. The molecule has 0 fully saturated rings. The monoisotopic (exact) mass is 693 g/mol. The summed E-state index contributed by atoms with van der Waals surface area (Å²) in [6.45, 7) is 23.3. The van der Waals surface area contributed by atoms with Crippen LogP contribution in [-0.4, -0.2) is 5.92 Å². The molecule has 0 aliphatic heterocycles. The van der Waals surface area contributed by atoms with Gasteiger partial charge in [0.2, 0.25) is 0 Å². The van der Waals surface area contributed by atoms with Crippen LogP contribution in [0, 0.1) is 5.92 Å². The first-order valence-electron chi connectivity index (χ1n) is 15.9. The standard InChI is InChI=1S/C20H21.C16H21.C2H7Si.2ClH.Zr/c1-14-12-16-6-5-7-18(19(16)13-14)15-8-10-17(11-9-15)20(2,3)4;1-5-12(4)15-8-6-7-13-9-14(11(2)3)10-16(13)15;1-3-2;;;/h5-13H,1-4H3;6-12H,5H2,1-4H3;3H,1-2H3;2*1H;/q;;;;;+2/p-2. The minimum atomic E-state index is -4.70. The maximum absolute atomic E-state index is 8.52. The predicted octanol–water partition coefficient (Wildman–Crippen LogP) is 12.4. The van der Waals surface area contributed by atoms with E-state index in [4.69, 9.17) is 17.0 Å². The molecule has 3 aromatic carbocycles. The summed E-state index contributed by atoms with van der Waals surface area (Å²) in [6, 6.07) is 23.0. The first kappa shape index (κ1) is 32.2. The van der Waals surface area contributed by atoms with Crippen molar-refractivity contribution in [2.75, 3.05) is 0 Å². The summed E-state index contributed by atoms with van der Waals surface area (Å²) in [6.07, 6.45) is 6.05. The van der Waals surface area contributed by atoms with E-state index in [1.165, 1.54) is 55.7 Å². The van der Waals surface area contributed by atoms with Crippen LogP contribution in [0.25, 0.3) is 23.3 Å². The van der Waals surface area contributed by atoms with E-state index in [1.54, 1.807) is 0 Å². The molecule has 3 atom stereocenters. The van der Waals surface area contributed by atoms with Crippen LogP contribution in [0.1, 0.15) is 108 Å². The average molecular weight is 696 g/mol. The van der Waals surface area contributed by atoms with Crippen molar-refractivity contribution in [2.45, 2.75) is 93.5 Å². The molecule has 2 aliphatic rings. The van der Waals surface area contributed by atoms with Gasteiger partial charge in [0.05, 0.1) is 0 Å². The molecular weight excluding hydrogens is 647 g/mol. The number of benzene rings is 3. The Kier molecular flexibility index (Phi) is 8.68. The number of hydrogen-bond acceptors (Lipinski definition) is 0. The zero-order chi connectivity index (χ0) is 30.8. The van der Waals surface area contributed by atoms with E-state index in [9.17, 15) is 0 Å². The summed E-state index contributed by atoms with van der Waals surface area (Å²) in [5.41, 5.74) is 13.8. The third-order valence-corrected chi connectivity index (χ3v) is 62.5. The number of rotatable bonds is 7. The molecule has 0 radical (unpaired) electrons. The first-order chi connectivity index (χ1) is 19.6. The Morgan fingerprint density at radius 3 is 1.95 bits per heavy atom. The van der Waals surface area contributed by atoms with Gasteiger partial charge in [0.25, 0.3) is 0 Å². The molecule has 0 spiro atoms. The van der Waals surface area contributed by atoms with Gasteiger partial charge in [-0.1, -0.05) is 0 Å². The van der Waals surface area contributed by atoms with E-state index in [0.29, 0.717) is 11.8 Å². The van der Waals surface area contributed by atoms with Crippen molar-refractivity contribution in [3.05, 3.63) is 105 Å². The summed E-state index contributed by atoms with van der Waals surface area (Å²) in [5, 5.41) is 0. The molecule has 5 rings (SSSR count). The zero-order valence-corrected chi connectivity index (χ0v) is 32.4. The minimum absolute atomic E-state index is 0.121. The summed E-state index contributed by atoms with van der Waals surface area (Å²) >= 11 is -4.70. The van der Waals surface area contributed by atoms with Crippen LogP contribution < -0.4 is 0 Å². The van der Waals surface area contributed by atoms with Crippen molar-refractivity contribution >= 4 is 35.1 Å². The van der Waals surface area contributed by atoms with Crippen LogP contribution in [0.2, 0.25) is 13.1 Å². The summed E-state index contributed by atoms with van der Waals surface area (Å²) in [5.74, 6) is -0.664. The third-order valence-electron chi connectivity index (χ3n) is 10.5. The molecule has 0 N–H and O–H groups in total. The molecule has 3 unspecified atom stereocenters. The van der Waals surface area contributed by atoms with E-state index in [1.807, 2.05) is 0 Å². The third kappa shape index (κ3) is 5.05. The molecule has 0 saturated heterocycles. The molecule has 223 valence electrons. The van der Waals surface area contributed by atoms with Gasteiger partial charge < -0.3 is 0 Å². The Balaban J connectivity index is 1.71. The van der Waals surface area contributed by atoms with Gasteiger partial charge in [0.15, 0.2) is 0 Å². The van der Waals surface area contributed by atoms with Gasteiger partial charge in [0, 0.05) is 0 Å². The Bertz CT molecular complexity index is 1570.